The number of ether oxygens (including phenoxy) is 1. The maximum atomic E-state index is 12.1. The number of esters is 1. The van der Waals surface area contributed by atoms with E-state index in [2.05, 4.69) is 15.5 Å². The SMILES string of the molecule is CCNc1nnc(C(C(=O)OCC)C(C)C)n1CC. The zero-order chi connectivity index (χ0) is 14.4. The fraction of sp³-hybridized carbons (Fsp3) is 0.769. The van der Waals surface area contributed by atoms with Crippen LogP contribution in [-0.2, 0) is 16.1 Å². The standard InChI is InChI=1S/C13H24N4O2/c1-6-14-13-16-15-11(17(13)7-2)10(9(4)5)12(18)19-8-3/h9-10H,6-8H2,1-5H3,(H,14,16). The Morgan fingerprint density at radius 1 is 1.32 bits per heavy atom. The molecule has 1 rings (SSSR count). The lowest BCUT2D eigenvalue weighted by atomic mass is 9.95. The third-order valence-corrected chi connectivity index (χ3v) is 2.92. The van der Waals surface area contributed by atoms with Crippen molar-refractivity contribution in [1.82, 2.24) is 14.8 Å². The Bertz CT molecular complexity index is 415. The first kappa shape index (κ1) is 15.5. The van der Waals surface area contributed by atoms with Crippen LogP contribution in [0.2, 0.25) is 0 Å². The maximum Gasteiger partial charge on any atom is 0.316 e. The number of nitrogens with one attached hydrogen (secondary N) is 1. The molecule has 1 unspecified atom stereocenters. The average molecular weight is 268 g/mol. The highest BCUT2D eigenvalue weighted by molar-refractivity contribution is 5.77. The minimum atomic E-state index is -0.375. The summed E-state index contributed by atoms with van der Waals surface area (Å²) in [4.78, 5) is 12.1. The van der Waals surface area contributed by atoms with Crippen molar-refractivity contribution in [2.75, 3.05) is 18.5 Å². The van der Waals surface area contributed by atoms with Crippen molar-refractivity contribution in [3.05, 3.63) is 5.82 Å². The molecule has 0 spiro atoms. The fourth-order valence-corrected chi connectivity index (χ4v) is 2.05. The second-order valence-corrected chi connectivity index (χ2v) is 4.63. The summed E-state index contributed by atoms with van der Waals surface area (Å²) in [5.74, 6) is 0.882. The molecular weight excluding hydrogens is 244 g/mol. The molecule has 0 bridgehead atoms. The number of rotatable bonds is 7. The van der Waals surface area contributed by atoms with Crippen molar-refractivity contribution >= 4 is 11.9 Å². The van der Waals surface area contributed by atoms with Gasteiger partial charge in [0.2, 0.25) is 5.95 Å². The van der Waals surface area contributed by atoms with Gasteiger partial charge in [-0.05, 0) is 26.7 Å². The molecule has 1 aromatic rings. The van der Waals surface area contributed by atoms with Crippen LogP contribution in [-0.4, -0.2) is 33.9 Å². The van der Waals surface area contributed by atoms with Crippen LogP contribution in [0.25, 0.3) is 0 Å². The van der Waals surface area contributed by atoms with E-state index in [1.54, 1.807) is 0 Å². The lowest BCUT2D eigenvalue weighted by Crippen LogP contribution is -2.24. The molecule has 6 nitrogen and oxygen atoms in total. The minimum absolute atomic E-state index is 0.114. The lowest BCUT2D eigenvalue weighted by molar-refractivity contribution is -0.146. The van der Waals surface area contributed by atoms with Gasteiger partial charge in [0.15, 0.2) is 0 Å². The molecule has 1 aromatic heterocycles. The first-order chi connectivity index (χ1) is 9.06. The number of anilines is 1. The van der Waals surface area contributed by atoms with Crippen molar-refractivity contribution in [3.8, 4) is 0 Å². The monoisotopic (exact) mass is 268 g/mol. The van der Waals surface area contributed by atoms with Crippen LogP contribution < -0.4 is 5.32 Å². The highest BCUT2D eigenvalue weighted by Crippen LogP contribution is 2.26. The van der Waals surface area contributed by atoms with E-state index >= 15 is 0 Å². The van der Waals surface area contributed by atoms with E-state index in [1.165, 1.54) is 0 Å². The number of nitrogens with zero attached hydrogens (tertiary/aromatic N) is 3. The van der Waals surface area contributed by atoms with Crippen molar-refractivity contribution in [1.29, 1.82) is 0 Å². The molecule has 6 heteroatoms. The molecule has 108 valence electrons. The van der Waals surface area contributed by atoms with Crippen LogP contribution in [0.15, 0.2) is 0 Å². The molecule has 0 saturated carbocycles. The average Bonchev–Trinajstić information content (AvgIpc) is 2.72. The van der Waals surface area contributed by atoms with Gasteiger partial charge in [0.05, 0.1) is 6.61 Å². The Morgan fingerprint density at radius 3 is 2.47 bits per heavy atom. The van der Waals surface area contributed by atoms with Crippen LogP contribution in [0.1, 0.15) is 46.4 Å². The summed E-state index contributed by atoms with van der Waals surface area (Å²) in [7, 11) is 0. The zero-order valence-electron chi connectivity index (χ0n) is 12.4. The quantitative estimate of drug-likeness (QED) is 0.766. The normalized spacial score (nSPS) is 12.5. The van der Waals surface area contributed by atoms with Crippen LogP contribution in [0.4, 0.5) is 5.95 Å². The summed E-state index contributed by atoms with van der Waals surface area (Å²) >= 11 is 0. The molecule has 1 heterocycles. The van der Waals surface area contributed by atoms with Crippen molar-refractivity contribution in [3.63, 3.8) is 0 Å². The summed E-state index contributed by atoms with van der Waals surface area (Å²) < 4.78 is 7.08. The van der Waals surface area contributed by atoms with Gasteiger partial charge in [-0.3, -0.25) is 9.36 Å². The summed E-state index contributed by atoms with van der Waals surface area (Å²) in [5, 5.41) is 11.4. The first-order valence-corrected chi connectivity index (χ1v) is 6.90. The molecule has 1 atom stereocenters. The Morgan fingerprint density at radius 2 is 2.00 bits per heavy atom. The highest BCUT2D eigenvalue weighted by Gasteiger charge is 2.31. The van der Waals surface area contributed by atoms with Gasteiger partial charge in [0.25, 0.3) is 0 Å². The van der Waals surface area contributed by atoms with Crippen LogP contribution >= 0.6 is 0 Å². The van der Waals surface area contributed by atoms with Gasteiger partial charge in [0.1, 0.15) is 11.7 Å². The van der Waals surface area contributed by atoms with E-state index < -0.39 is 0 Å². The summed E-state index contributed by atoms with van der Waals surface area (Å²) in [6.07, 6.45) is 0. The van der Waals surface area contributed by atoms with Crippen LogP contribution in [0.5, 0.6) is 0 Å². The van der Waals surface area contributed by atoms with Gasteiger partial charge < -0.3 is 10.1 Å². The second kappa shape index (κ2) is 7.11. The predicted molar refractivity (Wildman–Crippen MR) is 74.1 cm³/mol. The summed E-state index contributed by atoms with van der Waals surface area (Å²) in [6, 6.07) is 0. The molecule has 0 aliphatic rings. The lowest BCUT2D eigenvalue weighted by Gasteiger charge is -2.19. The molecule has 0 radical (unpaired) electrons. The molecule has 1 N–H and O–H groups in total. The summed E-state index contributed by atoms with van der Waals surface area (Å²) in [6.45, 7) is 11.7. The van der Waals surface area contributed by atoms with E-state index in [9.17, 15) is 4.79 Å². The van der Waals surface area contributed by atoms with Crippen LogP contribution in [0.3, 0.4) is 0 Å². The molecule has 0 saturated heterocycles. The number of hydrogen-bond donors (Lipinski definition) is 1. The Balaban J connectivity index is 3.12. The highest BCUT2D eigenvalue weighted by atomic mass is 16.5. The number of aromatic nitrogens is 3. The molecule has 0 fully saturated rings. The van der Waals surface area contributed by atoms with Gasteiger partial charge >= 0.3 is 5.97 Å². The van der Waals surface area contributed by atoms with Gasteiger partial charge in [0, 0.05) is 13.1 Å². The maximum absolute atomic E-state index is 12.1. The number of carbonyl (C=O) groups is 1. The smallest absolute Gasteiger partial charge is 0.316 e. The summed E-state index contributed by atoms with van der Waals surface area (Å²) in [5.41, 5.74) is 0. The fourth-order valence-electron chi connectivity index (χ4n) is 2.05. The Kier molecular flexibility index (Phi) is 5.79. The van der Waals surface area contributed by atoms with E-state index in [0.717, 1.165) is 6.54 Å². The molecule has 0 amide bonds. The van der Waals surface area contributed by atoms with E-state index in [-0.39, 0.29) is 17.8 Å². The first-order valence-electron chi connectivity index (χ1n) is 6.90. The minimum Gasteiger partial charge on any atom is -0.465 e. The van der Waals surface area contributed by atoms with E-state index in [4.69, 9.17) is 4.74 Å². The zero-order valence-corrected chi connectivity index (χ0v) is 12.4. The van der Waals surface area contributed by atoms with Crippen molar-refractivity contribution < 1.29 is 9.53 Å². The number of carbonyl (C=O) groups excluding carboxylic acids is 1. The van der Waals surface area contributed by atoms with Gasteiger partial charge in [-0.15, -0.1) is 10.2 Å². The molecule has 0 aliphatic heterocycles. The Labute approximate surface area is 114 Å². The third kappa shape index (κ3) is 3.45. The van der Waals surface area contributed by atoms with E-state index in [1.807, 2.05) is 39.2 Å². The second-order valence-electron chi connectivity index (χ2n) is 4.63. The van der Waals surface area contributed by atoms with Crippen molar-refractivity contribution in [2.24, 2.45) is 5.92 Å². The number of hydrogen-bond acceptors (Lipinski definition) is 5. The van der Waals surface area contributed by atoms with Crippen LogP contribution in [0, 0.1) is 5.92 Å². The predicted octanol–water partition coefficient (Wildman–Crippen LogP) is 2.03. The largest absolute Gasteiger partial charge is 0.465 e. The molecule has 0 aromatic carbocycles. The Hall–Kier alpha value is -1.59. The molecular formula is C13H24N4O2. The van der Waals surface area contributed by atoms with Gasteiger partial charge in [-0.1, -0.05) is 13.8 Å². The molecule has 0 aliphatic carbocycles. The third-order valence-electron chi connectivity index (χ3n) is 2.92. The van der Waals surface area contributed by atoms with E-state index in [0.29, 0.717) is 24.9 Å². The van der Waals surface area contributed by atoms with Gasteiger partial charge in [-0.2, -0.15) is 0 Å². The molecule has 19 heavy (non-hydrogen) atoms. The van der Waals surface area contributed by atoms with Gasteiger partial charge in [-0.25, -0.2) is 0 Å². The topological polar surface area (TPSA) is 69.0 Å². The van der Waals surface area contributed by atoms with Crippen molar-refractivity contribution in [2.45, 2.75) is 47.1 Å².